The molecule has 0 radical (unpaired) electrons. The first-order chi connectivity index (χ1) is 26.8. The number of rotatable bonds is 7. The number of hydrogen-bond donors (Lipinski definition) is 8. The summed E-state index contributed by atoms with van der Waals surface area (Å²) in [5.74, 6) is -4.42. The molecule has 326 valence electrons. The normalized spacial score (nSPS) is 52.6. The van der Waals surface area contributed by atoms with E-state index in [0.29, 0.717) is 25.7 Å². The largest absolute Gasteiger partial charge is 0.481 e. The fourth-order valence-electron chi connectivity index (χ4n) is 13.4. The first-order valence-electron chi connectivity index (χ1n) is 20.7. The van der Waals surface area contributed by atoms with Crippen molar-refractivity contribution in [2.45, 2.75) is 174 Å². The summed E-state index contributed by atoms with van der Waals surface area (Å²) in [4.78, 5) is 51.4. The summed E-state index contributed by atoms with van der Waals surface area (Å²) in [6.07, 6.45) is -12.1. The summed E-state index contributed by atoms with van der Waals surface area (Å²) < 4.78 is 22.8. The maximum absolute atomic E-state index is 14.8. The molecule has 8 N–H and O–H groups in total. The Hall–Kier alpha value is -2.54. The molecule has 0 aromatic heterocycles. The van der Waals surface area contributed by atoms with Crippen LogP contribution in [-0.2, 0) is 38.1 Å². The molecular weight excluding hydrogens is 760 g/mol. The molecule has 58 heavy (non-hydrogen) atoms. The molecule has 6 fully saturated rings. The Morgan fingerprint density at radius 1 is 0.690 bits per heavy atom. The zero-order valence-corrected chi connectivity index (χ0v) is 34.4. The second-order valence-electron chi connectivity index (χ2n) is 20.6. The minimum atomic E-state index is -2.06. The van der Waals surface area contributed by atoms with Crippen molar-refractivity contribution in [3.05, 3.63) is 11.6 Å². The quantitative estimate of drug-likeness (QED) is 0.171. The summed E-state index contributed by atoms with van der Waals surface area (Å²) in [7, 11) is 0. The number of carboxylic acid groups (broad SMARTS) is 3. The summed E-state index contributed by atoms with van der Waals surface area (Å²) >= 11 is 0. The lowest BCUT2D eigenvalue weighted by Crippen LogP contribution is -2.68. The molecular formula is C42H62O16. The van der Waals surface area contributed by atoms with Crippen LogP contribution < -0.4 is 0 Å². The van der Waals surface area contributed by atoms with Crippen molar-refractivity contribution in [3.8, 4) is 0 Å². The molecule has 4 saturated carbocycles. The van der Waals surface area contributed by atoms with Crippen LogP contribution in [0.15, 0.2) is 11.6 Å². The van der Waals surface area contributed by atoms with Gasteiger partial charge in [0.05, 0.1) is 11.5 Å². The van der Waals surface area contributed by atoms with Crippen molar-refractivity contribution in [2.24, 2.45) is 50.2 Å². The van der Waals surface area contributed by atoms with E-state index in [1.54, 1.807) is 0 Å². The molecule has 0 aromatic carbocycles. The highest BCUT2D eigenvalue weighted by molar-refractivity contribution is 5.95. The molecule has 2 saturated heterocycles. The van der Waals surface area contributed by atoms with Gasteiger partial charge in [-0.15, -0.1) is 0 Å². The first kappa shape index (κ1) is 43.5. The lowest BCUT2D eigenvalue weighted by Gasteiger charge is -2.70. The molecule has 16 heteroatoms. The van der Waals surface area contributed by atoms with Crippen molar-refractivity contribution in [1.82, 2.24) is 0 Å². The van der Waals surface area contributed by atoms with Crippen LogP contribution in [0.25, 0.3) is 0 Å². The molecule has 2 heterocycles. The van der Waals surface area contributed by atoms with E-state index in [2.05, 4.69) is 27.7 Å². The minimum Gasteiger partial charge on any atom is -0.481 e. The number of aliphatic carboxylic acids is 3. The van der Waals surface area contributed by atoms with Crippen LogP contribution in [0.3, 0.4) is 0 Å². The molecule has 0 aromatic rings. The number of ether oxygens (including phenoxy) is 4. The van der Waals surface area contributed by atoms with Gasteiger partial charge in [-0.25, -0.2) is 9.59 Å². The van der Waals surface area contributed by atoms with E-state index in [4.69, 9.17) is 18.9 Å². The van der Waals surface area contributed by atoms with Gasteiger partial charge in [0, 0.05) is 5.92 Å². The van der Waals surface area contributed by atoms with E-state index in [9.17, 15) is 60.0 Å². The zero-order valence-electron chi connectivity index (χ0n) is 34.4. The Balaban J connectivity index is 1.11. The van der Waals surface area contributed by atoms with Crippen LogP contribution in [0.1, 0.15) is 106 Å². The Morgan fingerprint density at radius 3 is 1.90 bits per heavy atom. The van der Waals surface area contributed by atoms with Gasteiger partial charge in [-0.3, -0.25) is 9.59 Å². The molecule has 2 aliphatic heterocycles. The van der Waals surface area contributed by atoms with E-state index in [1.165, 1.54) is 0 Å². The maximum atomic E-state index is 14.8. The highest BCUT2D eigenvalue weighted by Crippen LogP contribution is 2.75. The number of carbonyl (C=O) groups is 4. The number of allylic oxidation sites excluding steroid dienone is 2. The number of ketones is 1. The number of aliphatic hydroxyl groups is 5. The zero-order chi connectivity index (χ0) is 42.9. The second kappa shape index (κ2) is 14.3. The molecule has 0 spiro atoms. The number of hydrogen-bond acceptors (Lipinski definition) is 13. The second-order valence-corrected chi connectivity index (χ2v) is 20.6. The van der Waals surface area contributed by atoms with Gasteiger partial charge in [0.25, 0.3) is 0 Å². The van der Waals surface area contributed by atoms with E-state index >= 15 is 0 Å². The monoisotopic (exact) mass is 822 g/mol. The SMILES string of the molecule is CC1(C(=O)O)CCC2(C)CCC3(C)C(=CC(=O)C4C5(C)CCC(OC6O[C@H](C(=O)O)[C@@H](O[C@@H]7O[C@H](C(=O)O)[C@@H](O)[C@H](O)[C@H]7O)[C@H](O)[C@H]6O)C(C)(C)C5CCC43C)C2C1. The van der Waals surface area contributed by atoms with Crippen LogP contribution in [-0.4, -0.2) is 132 Å². The molecule has 10 unspecified atom stereocenters. The highest BCUT2D eigenvalue weighted by atomic mass is 16.7. The van der Waals surface area contributed by atoms with Crippen LogP contribution in [0, 0.1) is 50.2 Å². The van der Waals surface area contributed by atoms with Crippen LogP contribution >= 0.6 is 0 Å². The van der Waals surface area contributed by atoms with E-state index in [1.807, 2.05) is 26.8 Å². The molecule has 16 nitrogen and oxygen atoms in total. The van der Waals surface area contributed by atoms with Crippen LogP contribution in [0.4, 0.5) is 0 Å². The van der Waals surface area contributed by atoms with Gasteiger partial charge in [-0.2, -0.15) is 0 Å². The van der Waals surface area contributed by atoms with Gasteiger partial charge in [-0.1, -0.05) is 47.1 Å². The van der Waals surface area contributed by atoms with Gasteiger partial charge in [0.2, 0.25) is 0 Å². The summed E-state index contributed by atoms with van der Waals surface area (Å²) in [5, 5.41) is 83.1. The van der Waals surface area contributed by atoms with Crippen LogP contribution in [0.2, 0.25) is 0 Å². The third-order valence-electron chi connectivity index (χ3n) is 17.2. The number of carboxylic acids is 3. The lowest BCUT2D eigenvalue weighted by atomic mass is 9.33. The minimum absolute atomic E-state index is 0.00719. The van der Waals surface area contributed by atoms with E-state index in [0.717, 1.165) is 37.7 Å². The topological polar surface area (TPSA) is 267 Å². The van der Waals surface area contributed by atoms with Crippen molar-refractivity contribution >= 4 is 23.7 Å². The predicted molar refractivity (Wildman–Crippen MR) is 199 cm³/mol. The number of fused-ring (bicyclic) bond motifs is 7. The summed E-state index contributed by atoms with van der Waals surface area (Å²) in [5.41, 5.74) is -1.63. The Morgan fingerprint density at radius 2 is 1.28 bits per heavy atom. The van der Waals surface area contributed by atoms with Crippen molar-refractivity contribution < 1.29 is 79.0 Å². The molecule has 7 rings (SSSR count). The Kier molecular flexibility index (Phi) is 10.7. The standard InChI is InChI=1S/C42H62O16/c1-37(2)21-8-11-42(7)31(20(43)16-18-19-17-39(4,36(53)54)13-12-38(19,3)14-15-41(18,42)6)40(21,5)10-9-22(37)55-34-27(48)25(46)28(30(58-34)33(51)52)56-35-26(47)23(44)24(45)29(57-35)32(49)50/h16,19,21-31,34-35,44-48H,8-15,17H2,1-7H3,(H,49,50)(H,51,52)(H,53,54)/t19?,21?,22?,23-,24-,25+,26+,27+,28-,29-,30-,31?,34?,35+,38?,39?,40?,41?,42?/m0/s1. The Bertz CT molecular complexity index is 1730. The van der Waals surface area contributed by atoms with E-state index in [-0.39, 0.29) is 34.4 Å². The predicted octanol–water partition coefficient (Wildman–Crippen LogP) is 2.25. The molecule has 19 atom stereocenters. The van der Waals surface area contributed by atoms with Gasteiger partial charge < -0.3 is 59.8 Å². The average molecular weight is 823 g/mol. The highest BCUT2D eigenvalue weighted by Gasteiger charge is 2.71. The van der Waals surface area contributed by atoms with Gasteiger partial charge in [0.1, 0.15) is 36.6 Å². The Labute approximate surface area is 337 Å². The van der Waals surface area contributed by atoms with Gasteiger partial charge >= 0.3 is 17.9 Å². The molecule has 0 amide bonds. The molecule has 7 aliphatic rings. The average Bonchev–Trinajstić information content (AvgIpc) is 3.13. The number of aliphatic hydroxyl groups excluding tert-OH is 5. The molecule has 0 bridgehead atoms. The van der Waals surface area contributed by atoms with Crippen LogP contribution in [0.5, 0.6) is 0 Å². The van der Waals surface area contributed by atoms with Crippen molar-refractivity contribution in [1.29, 1.82) is 0 Å². The third-order valence-corrected chi connectivity index (χ3v) is 17.2. The number of carbonyl (C=O) groups excluding carboxylic acids is 1. The smallest absolute Gasteiger partial charge is 0.335 e. The third kappa shape index (κ3) is 6.25. The van der Waals surface area contributed by atoms with Crippen molar-refractivity contribution in [2.75, 3.05) is 0 Å². The van der Waals surface area contributed by atoms with Gasteiger partial charge in [-0.05, 0) is 110 Å². The summed E-state index contributed by atoms with van der Waals surface area (Å²) in [6, 6.07) is 0. The van der Waals surface area contributed by atoms with Gasteiger partial charge in [0.15, 0.2) is 30.6 Å². The fraction of sp³-hybridized carbons (Fsp3) is 0.857. The first-order valence-corrected chi connectivity index (χ1v) is 20.7. The lowest BCUT2D eigenvalue weighted by molar-refractivity contribution is -0.360. The fourth-order valence-corrected chi connectivity index (χ4v) is 13.4. The molecule has 5 aliphatic carbocycles. The summed E-state index contributed by atoms with van der Waals surface area (Å²) in [6.45, 7) is 14.9. The maximum Gasteiger partial charge on any atom is 0.335 e. The van der Waals surface area contributed by atoms with Crippen molar-refractivity contribution in [3.63, 3.8) is 0 Å². The van der Waals surface area contributed by atoms with E-state index < -0.39 is 107 Å².